The number of aliphatic hydroxyl groups excluding tert-OH is 1. The highest BCUT2D eigenvalue weighted by Gasteiger charge is 2.28. The first-order valence-corrected chi connectivity index (χ1v) is 7.74. The van der Waals surface area contributed by atoms with Crippen molar-refractivity contribution >= 4 is 23.2 Å². The number of aliphatic hydroxyl groups is 1. The molecule has 0 radical (unpaired) electrons. The number of nitrogens with zero attached hydrogens (tertiary/aromatic N) is 2. The van der Waals surface area contributed by atoms with E-state index < -0.39 is 4.92 Å². The van der Waals surface area contributed by atoms with Crippen LogP contribution in [0.15, 0.2) is 18.2 Å². The molecule has 1 heterocycles. The van der Waals surface area contributed by atoms with E-state index in [1.54, 1.807) is 0 Å². The molecule has 0 aliphatic carbocycles. The van der Waals surface area contributed by atoms with Gasteiger partial charge in [-0.15, -0.1) is 0 Å². The Morgan fingerprint density at radius 1 is 1.50 bits per heavy atom. The first-order valence-electron chi connectivity index (χ1n) is 7.36. The predicted octanol–water partition coefficient (Wildman–Crippen LogP) is 2.55. The van der Waals surface area contributed by atoms with E-state index in [0.29, 0.717) is 12.0 Å². The van der Waals surface area contributed by atoms with Crippen LogP contribution in [-0.2, 0) is 11.2 Å². The average molecular weight is 327 g/mol. The lowest BCUT2D eigenvalue weighted by Gasteiger charge is -2.24. The highest BCUT2D eigenvalue weighted by molar-refractivity contribution is 6.31. The average Bonchev–Trinajstić information content (AvgIpc) is 2.95. The summed E-state index contributed by atoms with van der Waals surface area (Å²) in [6, 6.07) is 4.35. The van der Waals surface area contributed by atoms with E-state index in [-0.39, 0.29) is 35.7 Å². The van der Waals surface area contributed by atoms with E-state index in [4.69, 9.17) is 16.7 Å². The molecule has 1 aliphatic heterocycles. The highest BCUT2D eigenvalue weighted by atomic mass is 35.5. The first-order chi connectivity index (χ1) is 10.5. The van der Waals surface area contributed by atoms with Gasteiger partial charge in [-0.2, -0.15) is 0 Å². The molecule has 2 rings (SSSR count). The lowest BCUT2D eigenvalue weighted by Crippen LogP contribution is -2.36. The maximum atomic E-state index is 12.4. The quantitative estimate of drug-likeness (QED) is 0.643. The van der Waals surface area contributed by atoms with Crippen LogP contribution < -0.4 is 0 Å². The Balaban J connectivity index is 2.03. The van der Waals surface area contributed by atoms with Crippen molar-refractivity contribution in [2.75, 3.05) is 13.2 Å². The molecule has 1 aromatic rings. The maximum Gasteiger partial charge on any atom is 0.270 e. The Bertz CT molecular complexity index is 564. The zero-order valence-corrected chi connectivity index (χ0v) is 13.0. The SMILES string of the molecule is O=C(Cc1ccc([N+](=O)[O-])cc1Cl)N1CCCC1CCCO. The molecule has 1 aliphatic rings. The molecule has 1 N–H and O–H groups in total. The number of likely N-dealkylation sites (tertiary alicyclic amines) is 1. The van der Waals surface area contributed by atoms with Crippen LogP contribution in [-0.4, -0.2) is 40.0 Å². The summed E-state index contributed by atoms with van der Waals surface area (Å²) in [5, 5.41) is 19.9. The Kier molecular flexibility index (Phi) is 5.74. The first kappa shape index (κ1) is 16.7. The van der Waals surface area contributed by atoms with Crippen LogP contribution in [0.4, 0.5) is 5.69 Å². The number of carbonyl (C=O) groups is 1. The van der Waals surface area contributed by atoms with Crippen LogP contribution in [0, 0.1) is 10.1 Å². The molecule has 22 heavy (non-hydrogen) atoms. The highest BCUT2D eigenvalue weighted by Crippen LogP contribution is 2.26. The topological polar surface area (TPSA) is 83.7 Å². The van der Waals surface area contributed by atoms with Crippen molar-refractivity contribution in [3.8, 4) is 0 Å². The lowest BCUT2D eigenvalue weighted by atomic mass is 10.1. The van der Waals surface area contributed by atoms with Gasteiger partial charge >= 0.3 is 0 Å². The third-order valence-corrected chi connectivity index (χ3v) is 4.33. The summed E-state index contributed by atoms with van der Waals surface area (Å²) in [5.74, 6) is -0.0174. The standard InChI is InChI=1S/C15H19ClN2O4/c16-14-10-13(18(21)22)6-5-11(14)9-15(20)17-7-1-3-12(17)4-2-8-19/h5-6,10,12,19H,1-4,7-9H2. The van der Waals surface area contributed by atoms with Crippen LogP contribution >= 0.6 is 11.6 Å². The summed E-state index contributed by atoms with van der Waals surface area (Å²) >= 11 is 6.04. The summed E-state index contributed by atoms with van der Waals surface area (Å²) in [5.41, 5.74) is 0.522. The molecule has 0 saturated carbocycles. The molecular weight excluding hydrogens is 308 g/mol. The Hall–Kier alpha value is -1.66. The van der Waals surface area contributed by atoms with Crippen LogP contribution in [0.25, 0.3) is 0 Å². The smallest absolute Gasteiger partial charge is 0.270 e. The molecule has 0 aromatic heterocycles. The second-order valence-corrected chi connectivity index (χ2v) is 5.87. The molecule has 7 heteroatoms. The molecule has 0 spiro atoms. The summed E-state index contributed by atoms with van der Waals surface area (Å²) in [4.78, 5) is 24.5. The third kappa shape index (κ3) is 3.96. The lowest BCUT2D eigenvalue weighted by molar-refractivity contribution is -0.384. The van der Waals surface area contributed by atoms with Gasteiger partial charge in [0.15, 0.2) is 0 Å². The molecular formula is C15H19ClN2O4. The number of carbonyl (C=O) groups excluding carboxylic acids is 1. The minimum atomic E-state index is -0.511. The van der Waals surface area contributed by atoms with Gasteiger partial charge in [0.25, 0.3) is 5.69 Å². The van der Waals surface area contributed by atoms with Crippen molar-refractivity contribution < 1.29 is 14.8 Å². The molecule has 1 fully saturated rings. The fourth-order valence-electron chi connectivity index (χ4n) is 2.85. The number of hydrogen-bond acceptors (Lipinski definition) is 4. The normalized spacial score (nSPS) is 17.7. The minimum Gasteiger partial charge on any atom is -0.396 e. The number of non-ortho nitro benzene ring substituents is 1. The van der Waals surface area contributed by atoms with Crippen molar-refractivity contribution in [3.63, 3.8) is 0 Å². The molecule has 1 amide bonds. The number of halogens is 1. The number of amides is 1. The molecule has 1 unspecified atom stereocenters. The molecule has 0 bridgehead atoms. The number of rotatable bonds is 6. The van der Waals surface area contributed by atoms with Crippen molar-refractivity contribution in [1.29, 1.82) is 0 Å². The van der Waals surface area contributed by atoms with Gasteiger partial charge in [0, 0.05) is 31.3 Å². The Morgan fingerprint density at radius 2 is 2.27 bits per heavy atom. The third-order valence-electron chi connectivity index (χ3n) is 3.98. The molecule has 1 atom stereocenters. The molecule has 1 saturated heterocycles. The van der Waals surface area contributed by atoms with Gasteiger partial charge < -0.3 is 10.0 Å². The van der Waals surface area contributed by atoms with Crippen LogP contribution in [0.1, 0.15) is 31.2 Å². The maximum absolute atomic E-state index is 12.4. The van der Waals surface area contributed by atoms with Crippen molar-refractivity contribution in [3.05, 3.63) is 38.9 Å². The van der Waals surface area contributed by atoms with Gasteiger partial charge in [-0.25, -0.2) is 0 Å². The van der Waals surface area contributed by atoms with Crippen LogP contribution in [0.2, 0.25) is 5.02 Å². The molecule has 6 nitrogen and oxygen atoms in total. The van der Waals surface area contributed by atoms with E-state index >= 15 is 0 Å². The van der Waals surface area contributed by atoms with Gasteiger partial charge in [0.1, 0.15) is 0 Å². The van der Waals surface area contributed by atoms with Gasteiger partial charge in [-0.1, -0.05) is 17.7 Å². The Labute approximate surface area is 133 Å². The van der Waals surface area contributed by atoms with Crippen molar-refractivity contribution in [2.24, 2.45) is 0 Å². The number of hydrogen-bond donors (Lipinski definition) is 1. The van der Waals surface area contributed by atoms with Crippen LogP contribution in [0.3, 0.4) is 0 Å². The van der Waals surface area contributed by atoms with E-state index in [2.05, 4.69) is 0 Å². The summed E-state index contributed by atoms with van der Waals surface area (Å²) < 4.78 is 0. The van der Waals surface area contributed by atoms with Gasteiger partial charge in [-0.3, -0.25) is 14.9 Å². The summed E-state index contributed by atoms with van der Waals surface area (Å²) in [6.07, 6.45) is 3.56. The second kappa shape index (κ2) is 7.56. The zero-order valence-electron chi connectivity index (χ0n) is 12.2. The number of nitro benzene ring substituents is 1. The van der Waals surface area contributed by atoms with Crippen molar-refractivity contribution in [1.82, 2.24) is 4.90 Å². The minimum absolute atomic E-state index is 0.0174. The Morgan fingerprint density at radius 3 is 2.91 bits per heavy atom. The monoisotopic (exact) mass is 326 g/mol. The van der Waals surface area contributed by atoms with E-state index in [1.807, 2.05) is 4.90 Å². The number of benzene rings is 1. The van der Waals surface area contributed by atoms with E-state index in [1.165, 1.54) is 18.2 Å². The zero-order chi connectivity index (χ0) is 16.1. The van der Waals surface area contributed by atoms with Crippen molar-refractivity contribution in [2.45, 2.75) is 38.1 Å². The number of nitro groups is 1. The molecule has 1 aromatic carbocycles. The summed E-state index contributed by atoms with van der Waals surface area (Å²) in [6.45, 7) is 0.853. The predicted molar refractivity (Wildman–Crippen MR) is 82.9 cm³/mol. The largest absolute Gasteiger partial charge is 0.396 e. The fourth-order valence-corrected chi connectivity index (χ4v) is 3.09. The van der Waals surface area contributed by atoms with E-state index in [9.17, 15) is 14.9 Å². The molecule has 120 valence electrons. The van der Waals surface area contributed by atoms with Gasteiger partial charge in [0.05, 0.1) is 16.4 Å². The van der Waals surface area contributed by atoms with Crippen LogP contribution in [0.5, 0.6) is 0 Å². The van der Waals surface area contributed by atoms with Gasteiger partial charge in [0.2, 0.25) is 5.91 Å². The van der Waals surface area contributed by atoms with E-state index in [0.717, 1.165) is 25.8 Å². The van der Waals surface area contributed by atoms with Gasteiger partial charge in [-0.05, 0) is 31.2 Å². The second-order valence-electron chi connectivity index (χ2n) is 5.46. The fraction of sp³-hybridized carbons (Fsp3) is 0.533. The summed E-state index contributed by atoms with van der Waals surface area (Å²) in [7, 11) is 0.